The predicted molar refractivity (Wildman–Crippen MR) is 73.3 cm³/mol. The molecule has 0 bridgehead atoms. The Morgan fingerprint density at radius 1 is 1.22 bits per heavy atom. The molecule has 1 aromatic heterocycles. The second-order valence-electron chi connectivity index (χ2n) is 3.71. The van der Waals surface area contributed by atoms with E-state index in [0.717, 1.165) is 5.56 Å². The van der Waals surface area contributed by atoms with Crippen LogP contribution >= 0.6 is 23.2 Å². The molecular formula is C13H12Cl2N2O. The quantitative estimate of drug-likeness (QED) is 0.938. The summed E-state index contributed by atoms with van der Waals surface area (Å²) < 4.78 is 5.24. The monoisotopic (exact) mass is 282 g/mol. The zero-order chi connectivity index (χ0) is 13.1. The number of pyridine rings is 1. The number of methoxy groups -OCH3 is 1. The summed E-state index contributed by atoms with van der Waals surface area (Å²) >= 11 is 12.1. The number of rotatable bonds is 3. The summed E-state index contributed by atoms with van der Waals surface area (Å²) in [5.74, 6) is 0.626. The maximum Gasteiger partial charge on any atom is 0.142 e. The molecule has 3 nitrogen and oxygen atoms in total. The highest BCUT2D eigenvalue weighted by Crippen LogP contribution is 2.33. The molecule has 1 unspecified atom stereocenters. The maximum atomic E-state index is 6.18. The second kappa shape index (κ2) is 5.57. The predicted octanol–water partition coefficient (Wildman–Crippen LogP) is 3.45. The van der Waals surface area contributed by atoms with Gasteiger partial charge in [-0.05, 0) is 23.8 Å². The Morgan fingerprint density at radius 2 is 2.00 bits per heavy atom. The van der Waals surface area contributed by atoms with Gasteiger partial charge in [0.15, 0.2) is 0 Å². The van der Waals surface area contributed by atoms with Gasteiger partial charge >= 0.3 is 0 Å². The van der Waals surface area contributed by atoms with Gasteiger partial charge in [0.2, 0.25) is 0 Å². The molecule has 0 radical (unpaired) electrons. The third kappa shape index (κ3) is 2.43. The van der Waals surface area contributed by atoms with Crippen LogP contribution in [0.25, 0.3) is 0 Å². The molecule has 0 saturated carbocycles. The third-order valence-electron chi connectivity index (χ3n) is 2.63. The summed E-state index contributed by atoms with van der Waals surface area (Å²) in [4.78, 5) is 4.24. The average Bonchev–Trinajstić information content (AvgIpc) is 2.41. The zero-order valence-corrected chi connectivity index (χ0v) is 11.2. The van der Waals surface area contributed by atoms with Crippen molar-refractivity contribution in [1.29, 1.82) is 0 Å². The van der Waals surface area contributed by atoms with Gasteiger partial charge < -0.3 is 10.5 Å². The van der Waals surface area contributed by atoms with E-state index >= 15 is 0 Å². The molecule has 2 rings (SSSR count). The molecule has 2 N–H and O–H groups in total. The van der Waals surface area contributed by atoms with Crippen molar-refractivity contribution in [3.8, 4) is 5.75 Å². The standard InChI is InChI=1S/C13H12Cl2N2O/c1-18-10-6-3-7-17-13(10)12(16)8-4-2-5-9(14)11(8)15/h2-7,12H,16H2,1H3. The van der Waals surface area contributed by atoms with E-state index in [1.165, 1.54) is 0 Å². The van der Waals surface area contributed by atoms with E-state index in [-0.39, 0.29) is 0 Å². The van der Waals surface area contributed by atoms with Crippen molar-refractivity contribution in [3.05, 3.63) is 57.8 Å². The number of halogens is 2. The Kier molecular flexibility index (Phi) is 4.07. The molecule has 0 fully saturated rings. The van der Waals surface area contributed by atoms with Gasteiger partial charge in [-0.25, -0.2) is 0 Å². The molecule has 0 aliphatic carbocycles. The number of nitrogens with zero attached hydrogens (tertiary/aromatic N) is 1. The average molecular weight is 283 g/mol. The van der Waals surface area contributed by atoms with Gasteiger partial charge in [0.25, 0.3) is 0 Å². The molecule has 5 heteroatoms. The Hall–Kier alpha value is -1.29. The molecule has 2 aromatic rings. The van der Waals surface area contributed by atoms with Crippen molar-refractivity contribution in [3.63, 3.8) is 0 Å². The van der Waals surface area contributed by atoms with E-state index in [0.29, 0.717) is 21.5 Å². The van der Waals surface area contributed by atoms with E-state index in [4.69, 9.17) is 33.7 Å². The SMILES string of the molecule is COc1cccnc1C(N)c1cccc(Cl)c1Cl. The van der Waals surface area contributed by atoms with Crippen LogP contribution in [0.2, 0.25) is 10.0 Å². The van der Waals surface area contributed by atoms with Crippen molar-refractivity contribution in [2.45, 2.75) is 6.04 Å². The van der Waals surface area contributed by atoms with Crippen LogP contribution < -0.4 is 10.5 Å². The van der Waals surface area contributed by atoms with Crippen LogP contribution in [0.3, 0.4) is 0 Å². The number of nitrogens with two attached hydrogens (primary N) is 1. The number of benzene rings is 1. The van der Waals surface area contributed by atoms with Crippen molar-refractivity contribution in [2.75, 3.05) is 7.11 Å². The minimum atomic E-state index is -0.479. The lowest BCUT2D eigenvalue weighted by atomic mass is 10.0. The molecule has 0 amide bonds. The molecular weight excluding hydrogens is 271 g/mol. The summed E-state index contributed by atoms with van der Waals surface area (Å²) in [5.41, 5.74) is 7.53. The number of ether oxygens (including phenoxy) is 1. The first-order chi connectivity index (χ1) is 8.65. The fourth-order valence-electron chi connectivity index (χ4n) is 1.72. The summed E-state index contributed by atoms with van der Waals surface area (Å²) in [6.45, 7) is 0. The Morgan fingerprint density at radius 3 is 2.72 bits per heavy atom. The lowest BCUT2D eigenvalue weighted by Gasteiger charge is -2.16. The fraction of sp³-hybridized carbons (Fsp3) is 0.154. The first-order valence-electron chi connectivity index (χ1n) is 5.33. The fourth-order valence-corrected chi connectivity index (χ4v) is 2.14. The number of hydrogen-bond donors (Lipinski definition) is 1. The van der Waals surface area contributed by atoms with E-state index in [2.05, 4.69) is 4.98 Å². The summed E-state index contributed by atoms with van der Waals surface area (Å²) in [7, 11) is 1.58. The molecule has 0 aliphatic rings. The van der Waals surface area contributed by atoms with Gasteiger partial charge in [0.1, 0.15) is 11.4 Å². The molecule has 18 heavy (non-hydrogen) atoms. The van der Waals surface area contributed by atoms with Crippen LogP contribution in [-0.2, 0) is 0 Å². The Bertz CT molecular complexity index is 560. The molecule has 0 spiro atoms. The van der Waals surface area contributed by atoms with Crippen LogP contribution in [0.15, 0.2) is 36.5 Å². The lowest BCUT2D eigenvalue weighted by molar-refractivity contribution is 0.404. The van der Waals surface area contributed by atoms with Crippen LogP contribution in [0.5, 0.6) is 5.75 Å². The van der Waals surface area contributed by atoms with E-state index in [1.807, 2.05) is 6.07 Å². The Balaban J connectivity index is 2.48. The maximum absolute atomic E-state index is 6.18. The molecule has 0 aliphatic heterocycles. The molecule has 94 valence electrons. The molecule has 0 saturated heterocycles. The molecule has 1 aromatic carbocycles. The summed E-state index contributed by atoms with van der Waals surface area (Å²) in [6.07, 6.45) is 1.66. The van der Waals surface area contributed by atoms with Crippen molar-refractivity contribution >= 4 is 23.2 Å². The first-order valence-corrected chi connectivity index (χ1v) is 6.09. The summed E-state index contributed by atoms with van der Waals surface area (Å²) in [6, 6.07) is 8.46. The second-order valence-corrected chi connectivity index (χ2v) is 4.50. The van der Waals surface area contributed by atoms with Crippen LogP contribution in [0.4, 0.5) is 0 Å². The highest BCUT2D eigenvalue weighted by molar-refractivity contribution is 6.42. The van der Waals surface area contributed by atoms with Crippen molar-refractivity contribution in [2.24, 2.45) is 5.73 Å². The minimum absolute atomic E-state index is 0.444. The van der Waals surface area contributed by atoms with E-state index in [9.17, 15) is 0 Å². The topological polar surface area (TPSA) is 48.1 Å². The molecule has 1 heterocycles. The third-order valence-corrected chi connectivity index (χ3v) is 3.46. The van der Waals surface area contributed by atoms with Gasteiger partial charge in [-0.2, -0.15) is 0 Å². The van der Waals surface area contributed by atoms with Crippen LogP contribution in [-0.4, -0.2) is 12.1 Å². The van der Waals surface area contributed by atoms with Gasteiger partial charge in [0, 0.05) is 6.20 Å². The minimum Gasteiger partial charge on any atom is -0.495 e. The first kappa shape index (κ1) is 13.1. The van der Waals surface area contributed by atoms with Gasteiger partial charge in [-0.15, -0.1) is 0 Å². The van der Waals surface area contributed by atoms with Crippen LogP contribution in [0, 0.1) is 0 Å². The lowest BCUT2D eigenvalue weighted by Crippen LogP contribution is -2.15. The Labute approximate surface area is 115 Å². The summed E-state index contributed by atoms with van der Waals surface area (Å²) in [5, 5.41) is 0.916. The van der Waals surface area contributed by atoms with E-state index in [1.54, 1.807) is 37.6 Å². The van der Waals surface area contributed by atoms with Gasteiger partial charge in [-0.1, -0.05) is 35.3 Å². The van der Waals surface area contributed by atoms with Gasteiger partial charge in [-0.3, -0.25) is 4.98 Å². The zero-order valence-electron chi connectivity index (χ0n) is 9.73. The van der Waals surface area contributed by atoms with E-state index < -0.39 is 6.04 Å². The smallest absolute Gasteiger partial charge is 0.142 e. The highest BCUT2D eigenvalue weighted by Gasteiger charge is 2.18. The van der Waals surface area contributed by atoms with Crippen molar-refractivity contribution in [1.82, 2.24) is 4.98 Å². The van der Waals surface area contributed by atoms with Crippen LogP contribution in [0.1, 0.15) is 17.3 Å². The normalized spacial score (nSPS) is 12.2. The van der Waals surface area contributed by atoms with Crippen molar-refractivity contribution < 1.29 is 4.74 Å². The highest BCUT2D eigenvalue weighted by atomic mass is 35.5. The van der Waals surface area contributed by atoms with Gasteiger partial charge in [0.05, 0.1) is 23.2 Å². The number of hydrogen-bond acceptors (Lipinski definition) is 3. The largest absolute Gasteiger partial charge is 0.495 e. The number of aromatic nitrogens is 1. The molecule has 1 atom stereocenters.